The van der Waals surface area contributed by atoms with Crippen LogP contribution in [0.2, 0.25) is 5.02 Å². The molecule has 6 aromatic rings. The van der Waals surface area contributed by atoms with E-state index >= 15 is 0 Å². The van der Waals surface area contributed by atoms with Crippen molar-refractivity contribution in [1.29, 1.82) is 0 Å². The number of hydrogen-bond donors (Lipinski definition) is 3. The minimum absolute atomic E-state index is 0.0168. The minimum Gasteiger partial charge on any atom is -0.508 e. The van der Waals surface area contributed by atoms with Crippen LogP contribution in [0.1, 0.15) is 42.1 Å². The van der Waals surface area contributed by atoms with Crippen LogP contribution in [0.5, 0.6) is 5.75 Å². The number of nitrogens with one attached hydrogen (secondary N) is 1. The van der Waals surface area contributed by atoms with Gasteiger partial charge in [0.1, 0.15) is 29.4 Å². The normalized spacial score (nSPS) is 11.8. The zero-order chi connectivity index (χ0) is 37.3. The van der Waals surface area contributed by atoms with E-state index in [0.29, 0.717) is 95.2 Å². The number of H-pyrrole nitrogens is 1. The fourth-order valence-electron chi connectivity index (χ4n) is 6.14. The molecule has 272 valence electrons. The van der Waals surface area contributed by atoms with Crippen LogP contribution < -0.4 is 11.3 Å². The fourth-order valence-corrected chi connectivity index (χ4v) is 6.34. The summed E-state index contributed by atoms with van der Waals surface area (Å²) in [6.07, 6.45) is 2.75. The summed E-state index contributed by atoms with van der Waals surface area (Å²) in [7, 11) is 3.21. The van der Waals surface area contributed by atoms with Crippen molar-refractivity contribution in [3.05, 3.63) is 105 Å². The molecule has 0 saturated carbocycles. The third kappa shape index (κ3) is 8.64. The molecule has 13 nitrogen and oxygen atoms in total. The highest BCUT2D eigenvalue weighted by atomic mass is 35.5. The average Bonchev–Trinajstić information content (AvgIpc) is 3.53. The Kier molecular flexibility index (Phi) is 12.0. The third-order valence-electron chi connectivity index (χ3n) is 8.77. The van der Waals surface area contributed by atoms with Crippen LogP contribution in [0.3, 0.4) is 0 Å². The number of fused-ring (bicyclic) bond motifs is 2. The topological polar surface area (TPSA) is 174 Å². The van der Waals surface area contributed by atoms with Gasteiger partial charge in [-0.25, -0.2) is 19.6 Å². The van der Waals surface area contributed by atoms with E-state index in [0.717, 1.165) is 5.56 Å². The SMILES string of the molecule is COCCN(CCOC)C(=O)CCCC#Cc1cccc2nc(C(Cn3nc(-c4cccc(O)c4)c4c(N)ncnc43)c3cccc(Cl)c3)[nH]c(=O)c12. The van der Waals surface area contributed by atoms with E-state index in [1.165, 1.54) is 6.33 Å². The van der Waals surface area contributed by atoms with Gasteiger partial charge in [0.15, 0.2) is 5.65 Å². The van der Waals surface area contributed by atoms with Crippen molar-refractivity contribution in [2.45, 2.75) is 31.7 Å². The minimum atomic E-state index is -0.526. The van der Waals surface area contributed by atoms with Crippen molar-refractivity contribution in [3.63, 3.8) is 0 Å². The molecule has 1 atom stereocenters. The first-order valence-electron chi connectivity index (χ1n) is 17.1. The molecule has 3 aromatic heterocycles. The molecule has 1 amide bonds. The summed E-state index contributed by atoms with van der Waals surface area (Å²) in [4.78, 5) is 45.0. The van der Waals surface area contributed by atoms with E-state index in [-0.39, 0.29) is 29.6 Å². The number of nitrogens with two attached hydrogens (primary N) is 1. The molecular weight excluding hydrogens is 696 g/mol. The lowest BCUT2D eigenvalue weighted by Gasteiger charge is -2.21. The number of methoxy groups -OCH3 is 2. The van der Waals surface area contributed by atoms with E-state index in [9.17, 15) is 14.7 Å². The number of rotatable bonds is 14. The summed E-state index contributed by atoms with van der Waals surface area (Å²) < 4.78 is 12.0. The van der Waals surface area contributed by atoms with Gasteiger partial charge < -0.3 is 30.2 Å². The predicted octanol–water partition coefficient (Wildman–Crippen LogP) is 5.15. The number of aromatic amines is 1. The maximum Gasteiger partial charge on any atom is 0.260 e. The molecule has 6 rings (SSSR count). The lowest BCUT2D eigenvalue weighted by molar-refractivity contribution is -0.132. The third-order valence-corrected chi connectivity index (χ3v) is 9.00. The number of carbonyl (C=O) groups is 1. The second-order valence-electron chi connectivity index (χ2n) is 12.3. The number of carbonyl (C=O) groups excluding carboxylic acids is 1. The summed E-state index contributed by atoms with van der Waals surface area (Å²) in [5, 5.41) is 16.5. The van der Waals surface area contributed by atoms with Crippen LogP contribution in [0, 0.1) is 11.8 Å². The van der Waals surface area contributed by atoms with Crippen molar-refractivity contribution in [1.82, 2.24) is 34.6 Å². The predicted molar refractivity (Wildman–Crippen MR) is 204 cm³/mol. The summed E-state index contributed by atoms with van der Waals surface area (Å²) in [6, 6.07) is 19.4. The number of aromatic nitrogens is 6. The summed E-state index contributed by atoms with van der Waals surface area (Å²) in [6.45, 7) is 2.10. The largest absolute Gasteiger partial charge is 0.508 e. The maximum atomic E-state index is 13.8. The molecule has 0 aliphatic rings. The fraction of sp³-hybridized carbons (Fsp3) is 0.282. The average molecular weight is 735 g/mol. The van der Waals surface area contributed by atoms with Gasteiger partial charge in [-0.05, 0) is 48.4 Å². The Balaban J connectivity index is 1.30. The van der Waals surface area contributed by atoms with E-state index in [1.54, 1.807) is 60.2 Å². The number of unbranched alkanes of at least 4 members (excludes halogenated alkanes) is 1. The van der Waals surface area contributed by atoms with Gasteiger partial charge in [0.05, 0.1) is 42.0 Å². The molecule has 0 aliphatic carbocycles. The molecule has 3 heterocycles. The van der Waals surface area contributed by atoms with Crippen molar-refractivity contribution >= 4 is 45.3 Å². The zero-order valence-electron chi connectivity index (χ0n) is 29.4. The quantitative estimate of drug-likeness (QED) is 0.100. The van der Waals surface area contributed by atoms with Crippen molar-refractivity contribution < 1.29 is 19.4 Å². The number of halogens is 1. The highest BCUT2D eigenvalue weighted by Crippen LogP contribution is 2.34. The molecule has 1 unspecified atom stereocenters. The summed E-state index contributed by atoms with van der Waals surface area (Å²) >= 11 is 6.46. The molecular formula is C39H39ClN8O5. The van der Waals surface area contributed by atoms with Crippen LogP contribution in [0.25, 0.3) is 33.2 Å². The molecule has 0 radical (unpaired) electrons. The van der Waals surface area contributed by atoms with Gasteiger partial charge in [-0.1, -0.05) is 53.8 Å². The first-order valence-corrected chi connectivity index (χ1v) is 17.4. The summed E-state index contributed by atoms with van der Waals surface area (Å²) in [5.41, 5.74) is 9.41. The maximum absolute atomic E-state index is 13.8. The Morgan fingerprint density at radius 2 is 1.81 bits per heavy atom. The number of phenols is 1. The highest BCUT2D eigenvalue weighted by Gasteiger charge is 2.24. The Hall–Kier alpha value is -5.81. The number of benzene rings is 3. The van der Waals surface area contributed by atoms with Crippen LogP contribution in [-0.2, 0) is 20.8 Å². The second-order valence-corrected chi connectivity index (χ2v) is 12.8. The molecule has 0 spiro atoms. The Morgan fingerprint density at radius 3 is 2.57 bits per heavy atom. The van der Waals surface area contributed by atoms with E-state index in [1.807, 2.05) is 30.3 Å². The van der Waals surface area contributed by atoms with E-state index in [2.05, 4.69) is 26.8 Å². The number of ether oxygens (including phenoxy) is 2. The van der Waals surface area contributed by atoms with Crippen molar-refractivity contribution in [2.75, 3.05) is 46.3 Å². The van der Waals surface area contributed by atoms with E-state index < -0.39 is 5.92 Å². The van der Waals surface area contributed by atoms with Gasteiger partial charge in [-0.2, -0.15) is 5.10 Å². The lowest BCUT2D eigenvalue weighted by atomic mass is 9.97. The number of anilines is 1. The molecule has 3 aromatic carbocycles. The van der Waals surface area contributed by atoms with Crippen LogP contribution in [0.15, 0.2) is 77.9 Å². The number of nitrogens with zero attached hydrogens (tertiary/aromatic N) is 6. The smallest absolute Gasteiger partial charge is 0.260 e. The molecule has 4 N–H and O–H groups in total. The first kappa shape index (κ1) is 37.0. The van der Waals surface area contributed by atoms with Gasteiger partial charge in [0, 0.05) is 56.3 Å². The number of amides is 1. The molecule has 53 heavy (non-hydrogen) atoms. The number of aromatic hydroxyl groups is 1. The van der Waals surface area contributed by atoms with Crippen LogP contribution in [0.4, 0.5) is 5.82 Å². The van der Waals surface area contributed by atoms with Crippen molar-refractivity contribution in [2.24, 2.45) is 0 Å². The Morgan fingerprint density at radius 1 is 1.04 bits per heavy atom. The van der Waals surface area contributed by atoms with Gasteiger partial charge in [0.2, 0.25) is 5.91 Å². The van der Waals surface area contributed by atoms with Crippen LogP contribution >= 0.6 is 11.6 Å². The standard InChI is InChI=1S/C39H39ClN8O5/c1-52-19-17-47(18-20-53-2)32(50)16-5-3-4-9-25-10-8-15-31-33(25)39(51)45-37(44-31)30(26-11-6-13-28(40)21-26)23-48-38-34(36(41)42-24-43-38)35(46-48)27-12-7-14-29(49)22-27/h6-8,10-15,21-22,24,30,49H,3,5,16-20,23H2,1-2H3,(H2,41,42,43)(H,44,45,51). The van der Waals surface area contributed by atoms with Gasteiger partial charge in [-0.15, -0.1) is 0 Å². The van der Waals surface area contributed by atoms with Gasteiger partial charge >= 0.3 is 0 Å². The number of phenolic OH excluding ortho intramolecular Hbond substituents is 1. The molecule has 0 aliphatic heterocycles. The second kappa shape index (κ2) is 17.1. The zero-order valence-corrected chi connectivity index (χ0v) is 30.1. The van der Waals surface area contributed by atoms with Gasteiger partial charge in [-0.3, -0.25) is 9.59 Å². The molecule has 14 heteroatoms. The molecule has 0 fully saturated rings. The first-order chi connectivity index (χ1) is 25.8. The van der Waals surface area contributed by atoms with Crippen LogP contribution in [-0.4, -0.2) is 86.2 Å². The number of nitrogen functional groups attached to an aromatic ring is 1. The van der Waals surface area contributed by atoms with Crippen molar-refractivity contribution in [3.8, 4) is 28.8 Å². The Bertz CT molecular complexity index is 2360. The number of hydrogen-bond acceptors (Lipinski definition) is 10. The summed E-state index contributed by atoms with van der Waals surface area (Å²) in [5.74, 6) is 6.45. The molecule has 0 saturated heterocycles. The van der Waals surface area contributed by atoms with E-state index in [4.69, 9.17) is 36.9 Å². The molecule has 0 bridgehead atoms. The van der Waals surface area contributed by atoms with Gasteiger partial charge in [0.25, 0.3) is 5.56 Å². The highest BCUT2D eigenvalue weighted by molar-refractivity contribution is 6.30. The monoisotopic (exact) mass is 734 g/mol. The Labute approximate surface area is 310 Å². The lowest BCUT2D eigenvalue weighted by Crippen LogP contribution is -2.36.